The van der Waals surface area contributed by atoms with Crippen LogP contribution in [0.4, 0.5) is 0 Å². The minimum atomic E-state index is -0.327. The summed E-state index contributed by atoms with van der Waals surface area (Å²) in [6, 6.07) is 0. The van der Waals surface area contributed by atoms with Crippen LogP contribution in [0, 0.1) is 11.8 Å². The van der Waals surface area contributed by atoms with Gasteiger partial charge in [-0.1, -0.05) is 19.3 Å². The molecule has 2 fully saturated rings. The van der Waals surface area contributed by atoms with Crippen LogP contribution in [-0.4, -0.2) is 50.4 Å². The number of hydrogen-bond acceptors (Lipinski definition) is 7. The van der Waals surface area contributed by atoms with Crippen LogP contribution < -0.4 is 0 Å². The monoisotopic (exact) mass is 398 g/mol. The molecule has 1 saturated carbocycles. The number of carbonyl (C=O) groups is 3. The van der Waals surface area contributed by atoms with E-state index >= 15 is 0 Å². The summed E-state index contributed by atoms with van der Waals surface area (Å²) in [6.07, 6.45) is 8.44. The van der Waals surface area contributed by atoms with E-state index in [1.165, 1.54) is 14.0 Å². The largest absolute Gasteiger partial charge is 0.469 e. The van der Waals surface area contributed by atoms with E-state index in [2.05, 4.69) is 4.74 Å². The van der Waals surface area contributed by atoms with Crippen molar-refractivity contribution in [3.05, 3.63) is 0 Å². The molecule has 28 heavy (non-hydrogen) atoms. The van der Waals surface area contributed by atoms with Crippen molar-refractivity contribution in [2.45, 2.75) is 89.6 Å². The van der Waals surface area contributed by atoms with Gasteiger partial charge in [-0.05, 0) is 32.1 Å². The maximum absolute atomic E-state index is 11.8. The third kappa shape index (κ3) is 7.17. The fourth-order valence-electron chi connectivity index (χ4n) is 4.26. The Morgan fingerprint density at radius 2 is 1.89 bits per heavy atom. The highest BCUT2D eigenvalue weighted by molar-refractivity contribution is 5.69. The highest BCUT2D eigenvalue weighted by atomic mass is 16.7. The summed E-state index contributed by atoms with van der Waals surface area (Å²) in [5.74, 6) is -0.829. The van der Waals surface area contributed by atoms with Gasteiger partial charge in [-0.2, -0.15) is 0 Å². The van der Waals surface area contributed by atoms with Gasteiger partial charge in [0.2, 0.25) is 0 Å². The zero-order valence-corrected chi connectivity index (χ0v) is 17.1. The molecule has 5 atom stereocenters. The molecule has 1 saturated heterocycles. The molecule has 0 aromatic carbocycles. The Morgan fingerprint density at radius 3 is 2.54 bits per heavy atom. The number of esters is 2. The molecule has 1 unspecified atom stereocenters. The van der Waals surface area contributed by atoms with E-state index < -0.39 is 0 Å². The summed E-state index contributed by atoms with van der Waals surface area (Å²) < 4.78 is 21.9. The second-order valence-corrected chi connectivity index (χ2v) is 7.76. The van der Waals surface area contributed by atoms with Gasteiger partial charge in [0.15, 0.2) is 6.29 Å². The quantitative estimate of drug-likeness (QED) is 0.300. The summed E-state index contributed by atoms with van der Waals surface area (Å²) in [7, 11) is 1.40. The van der Waals surface area contributed by atoms with E-state index in [1.807, 2.05) is 0 Å². The van der Waals surface area contributed by atoms with Crippen molar-refractivity contribution < 1.29 is 33.3 Å². The molecular formula is C21H34O7. The highest BCUT2D eigenvalue weighted by Crippen LogP contribution is 2.39. The van der Waals surface area contributed by atoms with Crippen molar-refractivity contribution in [1.82, 2.24) is 0 Å². The standard InChI is InChI=1S/C21H34O7/c1-15(23)27-18-13-19(28-21-11-7-8-12-26-21)17(14-22)16(18)9-5-3-4-6-10-20(24)25-2/h14,16-19,21H,3-13H2,1-2H3/t16-,17-,18-,19-,21?/m1/s1. The number of unbranched alkanes of at least 4 members (excludes halogenated alkanes) is 3. The molecule has 0 bridgehead atoms. The topological polar surface area (TPSA) is 88.1 Å². The predicted molar refractivity (Wildman–Crippen MR) is 101 cm³/mol. The van der Waals surface area contributed by atoms with Gasteiger partial charge in [0.05, 0.1) is 13.2 Å². The van der Waals surface area contributed by atoms with Gasteiger partial charge in [-0.15, -0.1) is 0 Å². The lowest BCUT2D eigenvalue weighted by Gasteiger charge is -2.28. The van der Waals surface area contributed by atoms with E-state index in [4.69, 9.17) is 14.2 Å². The fraction of sp³-hybridized carbons (Fsp3) is 0.857. The molecule has 0 spiro atoms. The van der Waals surface area contributed by atoms with Gasteiger partial charge in [0, 0.05) is 38.2 Å². The van der Waals surface area contributed by atoms with E-state index in [1.54, 1.807) is 0 Å². The van der Waals surface area contributed by atoms with Crippen molar-refractivity contribution in [3.63, 3.8) is 0 Å². The molecule has 0 radical (unpaired) electrons. The molecular weight excluding hydrogens is 364 g/mol. The molecule has 1 heterocycles. The maximum atomic E-state index is 11.8. The highest BCUT2D eigenvalue weighted by Gasteiger charge is 2.46. The first-order valence-corrected chi connectivity index (χ1v) is 10.5. The Kier molecular flexibility index (Phi) is 9.92. The summed E-state index contributed by atoms with van der Waals surface area (Å²) in [6.45, 7) is 2.09. The molecule has 0 aromatic heterocycles. The summed E-state index contributed by atoms with van der Waals surface area (Å²) >= 11 is 0. The van der Waals surface area contributed by atoms with Gasteiger partial charge in [0.25, 0.3) is 0 Å². The Balaban J connectivity index is 1.85. The second kappa shape index (κ2) is 12.2. The van der Waals surface area contributed by atoms with Crippen LogP contribution in [0.5, 0.6) is 0 Å². The lowest BCUT2D eigenvalue weighted by atomic mass is 9.89. The summed E-state index contributed by atoms with van der Waals surface area (Å²) in [5.41, 5.74) is 0. The normalized spacial score (nSPS) is 30.0. The number of hydrogen-bond donors (Lipinski definition) is 0. The molecule has 1 aliphatic heterocycles. The molecule has 0 amide bonds. The number of rotatable bonds is 11. The first kappa shape index (κ1) is 22.8. The van der Waals surface area contributed by atoms with Gasteiger partial charge >= 0.3 is 11.9 Å². The average molecular weight is 398 g/mol. The van der Waals surface area contributed by atoms with Crippen LogP contribution in [0.3, 0.4) is 0 Å². The van der Waals surface area contributed by atoms with Crippen molar-refractivity contribution in [1.29, 1.82) is 0 Å². The zero-order valence-electron chi connectivity index (χ0n) is 17.1. The number of methoxy groups -OCH3 is 1. The van der Waals surface area contributed by atoms with Crippen LogP contribution in [0.25, 0.3) is 0 Å². The van der Waals surface area contributed by atoms with Crippen LogP contribution in [0.1, 0.15) is 71.1 Å². The lowest BCUT2D eigenvalue weighted by molar-refractivity contribution is -0.195. The minimum absolute atomic E-state index is 0.0319. The molecule has 0 aromatic rings. The average Bonchev–Trinajstić information content (AvgIpc) is 3.00. The Hall–Kier alpha value is -1.47. The summed E-state index contributed by atoms with van der Waals surface area (Å²) in [4.78, 5) is 34.5. The third-order valence-electron chi connectivity index (χ3n) is 5.70. The Morgan fingerprint density at radius 1 is 1.11 bits per heavy atom. The van der Waals surface area contributed by atoms with Crippen LogP contribution in [-0.2, 0) is 33.3 Å². The molecule has 2 aliphatic rings. The van der Waals surface area contributed by atoms with Gasteiger partial charge in [0.1, 0.15) is 12.4 Å². The molecule has 1 aliphatic carbocycles. The fourth-order valence-corrected chi connectivity index (χ4v) is 4.26. The first-order chi connectivity index (χ1) is 13.5. The second-order valence-electron chi connectivity index (χ2n) is 7.76. The first-order valence-electron chi connectivity index (χ1n) is 10.5. The SMILES string of the molecule is COC(=O)CCCCCC[C@@H]1[C@@H](C=O)[C@H](OC2CCCCO2)C[C@H]1OC(C)=O. The van der Waals surface area contributed by atoms with Crippen LogP contribution >= 0.6 is 0 Å². The lowest BCUT2D eigenvalue weighted by Crippen LogP contribution is -2.32. The number of carbonyl (C=O) groups excluding carboxylic acids is 3. The van der Waals surface area contributed by atoms with Crippen LogP contribution in [0.15, 0.2) is 0 Å². The molecule has 7 heteroatoms. The zero-order chi connectivity index (χ0) is 20.4. The predicted octanol–water partition coefficient (Wildman–Crippen LogP) is 3.18. The summed E-state index contributed by atoms with van der Waals surface area (Å²) in [5, 5.41) is 0. The van der Waals surface area contributed by atoms with Crippen molar-refractivity contribution in [2.24, 2.45) is 11.8 Å². The minimum Gasteiger partial charge on any atom is -0.469 e. The van der Waals surface area contributed by atoms with E-state index in [0.717, 1.165) is 57.7 Å². The van der Waals surface area contributed by atoms with Gasteiger partial charge < -0.3 is 23.7 Å². The van der Waals surface area contributed by atoms with Gasteiger partial charge in [-0.25, -0.2) is 0 Å². The van der Waals surface area contributed by atoms with Crippen molar-refractivity contribution in [2.75, 3.05) is 13.7 Å². The molecule has 2 rings (SSSR count). The van der Waals surface area contributed by atoms with Crippen LogP contribution in [0.2, 0.25) is 0 Å². The van der Waals surface area contributed by atoms with Crippen molar-refractivity contribution >= 4 is 18.2 Å². The Bertz CT molecular complexity index is 501. The molecule has 0 N–H and O–H groups in total. The van der Waals surface area contributed by atoms with Gasteiger partial charge in [-0.3, -0.25) is 9.59 Å². The van der Waals surface area contributed by atoms with E-state index in [9.17, 15) is 14.4 Å². The smallest absolute Gasteiger partial charge is 0.305 e. The van der Waals surface area contributed by atoms with E-state index in [0.29, 0.717) is 19.4 Å². The maximum Gasteiger partial charge on any atom is 0.305 e. The van der Waals surface area contributed by atoms with Crippen molar-refractivity contribution in [3.8, 4) is 0 Å². The third-order valence-corrected chi connectivity index (χ3v) is 5.70. The molecule has 7 nitrogen and oxygen atoms in total. The number of ether oxygens (including phenoxy) is 4. The van der Waals surface area contributed by atoms with E-state index in [-0.39, 0.29) is 42.3 Å². The Labute approximate surface area is 167 Å². The molecule has 160 valence electrons. The number of aldehydes is 1.